The molecule has 10 heteroatoms. The summed E-state index contributed by atoms with van der Waals surface area (Å²) in [6, 6.07) is 20.2. The molecule has 0 radical (unpaired) electrons. The fourth-order valence-electron chi connectivity index (χ4n) is 3.34. The number of carbonyl (C=O) groups excluding carboxylic acids is 1. The molecule has 1 aromatic heterocycles. The number of halogens is 2. The van der Waals surface area contributed by atoms with Crippen LogP contribution in [0.15, 0.2) is 72.8 Å². The van der Waals surface area contributed by atoms with Crippen LogP contribution in [-0.2, 0) is 13.2 Å². The minimum atomic E-state index is -0.524. The van der Waals surface area contributed by atoms with Crippen molar-refractivity contribution in [3.8, 4) is 5.75 Å². The molecule has 1 N–H and O–H groups in total. The maximum atomic E-state index is 12.7. The number of ether oxygens (including phenoxy) is 1. The van der Waals surface area contributed by atoms with E-state index in [1.165, 1.54) is 18.2 Å². The van der Waals surface area contributed by atoms with Crippen molar-refractivity contribution in [2.45, 2.75) is 20.1 Å². The van der Waals surface area contributed by atoms with E-state index in [1.807, 2.05) is 31.2 Å². The van der Waals surface area contributed by atoms with Gasteiger partial charge in [-0.25, -0.2) is 0 Å². The predicted octanol–water partition coefficient (Wildman–Crippen LogP) is 6.29. The maximum absolute atomic E-state index is 12.7. The number of aryl methyl sites for hydroxylation is 1. The summed E-state index contributed by atoms with van der Waals surface area (Å²) >= 11 is 12.3. The van der Waals surface area contributed by atoms with Gasteiger partial charge in [0.25, 0.3) is 11.6 Å². The molecule has 1 amide bonds. The first kappa shape index (κ1) is 24.3. The van der Waals surface area contributed by atoms with Crippen LogP contribution in [0.3, 0.4) is 0 Å². The molecule has 3 aromatic carbocycles. The number of nitrogens with zero attached hydrogens (tertiary/aromatic N) is 3. The fourth-order valence-corrected chi connectivity index (χ4v) is 3.77. The average Bonchev–Trinajstić information content (AvgIpc) is 3.18. The van der Waals surface area contributed by atoms with E-state index in [0.29, 0.717) is 28.7 Å². The van der Waals surface area contributed by atoms with E-state index in [4.69, 9.17) is 27.9 Å². The number of benzene rings is 3. The van der Waals surface area contributed by atoms with Gasteiger partial charge in [0, 0.05) is 34.5 Å². The summed E-state index contributed by atoms with van der Waals surface area (Å²) in [7, 11) is 0. The highest BCUT2D eigenvalue weighted by Crippen LogP contribution is 2.29. The highest BCUT2D eigenvalue weighted by Gasteiger charge is 2.13. The Hall–Kier alpha value is -3.88. The molecule has 4 aromatic rings. The lowest BCUT2D eigenvalue weighted by Gasteiger charge is -2.09. The van der Waals surface area contributed by atoms with Crippen LogP contribution in [0.1, 0.15) is 27.2 Å². The van der Waals surface area contributed by atoms with E-state index in [2.05, 4.69) is 10.4 Å². The van der Waals surface area contributed by atoms with Crippen LogP contribution in [0.25, 0.3) is 0 Å². The van der Waals surface area contributed by atoms with Gasteiger partial charge in [-0.3, -0.25) is 19.6 Å². The summed E-state index contributed by atoms with van der Waals surface area (Å²) in [5.74, 6) is 0.486. The normalized spacial score (nSPS) is 10.7. The van der Waals surface area contributed by atoms with Crippen LogP contribution in [0.2, 0.25) is 10.0 Å². The summed E-state index contributed by atoms with van der Waals surface area (Å²) in [4.78, 5) is 23.0. The monoisotopic (exact) mass is 510 g/mol. The summed E-state index contributed by atoms with van der Waals surface area (Å²) < 4.78 is 7.43. The molecule has 0 atom stereocenters. The lowest BCUT2D eigenvalue weighted by molar-refractivity contribution is -0.384. The quantitative estimate of drug-likeness (QED) is 0.222. The Morgan fingerprint density at radius 2 is 1.80 bits per heavy atom. The van der Waals surface area contributed by atoms with Crippen LogP contribution in [0, 0.1) is 17.0 Å². The SMILES string of the molecule is Cc1cc(NC(=O)c2ccc(COc3ccc([N+](=O)[O-])cc3Cl)cc2)nn1Cc1ccccc1Cl. The zero-order chi connectivity index (χ0) is 24.9. The Balaban J connectivity index is 1.36. The highest BCUT2D eigenvalue weighted by atomic mass is 35.5. The molecular weight excluding hydrogens is 491 g/mol. The predicted molar refractivity (Wildman–Crippen MR) is 134 cm³/mol. The summed E-state index contributed by atoms with van der Waals surface area (Å²) in [5, 5.41) is 18.9. The first-order valence-corrected chi connectivity index (χ1v) is 11.3. The van der Waals surface area contributed by atoms with Gasteiger partial charge in [-0.15, -0.1) is 0 Å². The van der Waals surface area contributed by atoms with Gasteiger partial charge >= 0.3 is 0 Å². The van der Waals surface area contributed by atoms with Gasteiger partial charge in [0.2, 0.25) is 0 Å². The zero-order valence-corrected chi connectivity index (χ0v) is 20.1. The van der Waals surface area contributed by atoms with Gasteiger partial charge in [0.15, 0.2) is 5.82 Å². The number of hydrogen-bond acceptors (Lipinski definition) is 5. The van der Waals surface area contributed by atoms with Crippen molar-refractivity contribution >= 4 is 40.6 Å². The van der Waals surface area contributed by atoms with Crippen LogP contribution < -0.4 is 10.1 Å². The van der Waals surface area contributed by atoms with Gasteiger partial charge in [0.05, 0.1) is 16.5 Å². The van der Waals surface area contributed by atoms with Gasteiger partial charge in [-0.1, -0.05) is 53.5 Å². The van der Waals surface area contributed by atoms with E-state index in [0.717, 1.165) is 16.8 Å². The van der Waals surface area contributed by atoms with Crippen LogP contribution in [-0.4, -0.2) is 20.6 Å². The number of aromatic nitrogens is 2. The standard InChI is InChI=1S/C25H20Cl2N4O4/c1-16-12-24(29-30(16)14-19-4-2-3-5-21(19)26)28-25(32)18-8-6-17(7-9-18)15-35-23-11-10-20(31(33)34)13-22(23)27/h2-13H,14-15H2,1H3,(H,28,29,32). The van der Waals surface area contributed by atoms with Crippen molar-refractivity contribution in [1.82, 2.24) is 9.78 Å². The second-order valence-corrected chi connectivity index (χ2v) is 8.55. The Labute approximate surface area is 211 Å². The van der Waals surface area contributed by atoms with Crippen LogP contribution >= 0.6 is 23.2 Å². The summed E-state index contributed by atoms with van der Waals surface area (Å²) in [6.45, 7) is 2.59. The van der Waals surface area contributed by atoms with E-state index in [9.17, 15) is 14.9 Å². The van der Waals surface area contributed by atoms with Crippen LogP contribution in [0.5, 0.6) is 5.75 Å². The number of hydrogen-bond donors (Lipinski definition) is 1. The van der Waals surface area contributed by atoms with Crippen molar-refractivity contribution in [3.05, 3.63) is 115 Å². The minimum Gasteiger partial charge on any atom is -0.487 e. The lowest BCUT2D eigenvalue weighted by Crippen LogP contribution is -2.13. The molecule has 178 valence electrons. The molecule has 0 saturated heterocycles. The highest BCUT2D eigenvalue weighted by molar-refractivity contribution is 6.32. The molecule has 1 heterocycles. The molecule has 0 bridgehead atoms. The number of nitro benzene ring substituents is 1. The molecule has 0 spiro atoms. The first-order valence-electron chi connectivity index (χ1n) is 10.5. The summed E-state index contributed by atoms with van der Waals surface area (Å²) in [6.07, 6.45) is 0. The van der Waals surface area contributed by atoms with E-state index in [1.54, 1.807) is 35.0 Å². The molecule has 0 fully saturated rings. The van der Waals surface area contributed by atoms with E-state index >= 15 is 0 Å². The Morgan fingerprint density at radius 1 is 1.06 bits per heavy atom. The Bertz CT molecular complexity index is 1390. The molecule has 0 aliphatic heterocycles. The minimum absolute atomic E-state index is 0.110. The average molecular weight is 511 g/mol. The first-order chi connectivity index (χ1) is 16.8. The number of non-ortho nitro benzene ring substituents is 1. The van der Waals surface area contributed by atoms with Gasteiger partial charge < -0.3 is 10.1 Å². The smallest absolute Gasteiger partial charge is 0.271 e. The number of nitrogens with one attached hydrogen (secondary N) is 1. The molecule has 35 heavy (non-hydrogen) atoms. The molecule has 4 rings (SSSR count). The largest absolute Gasteiger partial charge is 0.487 e. The number of amides is 1. The van der Waals surface area contributed by atoms with Crippen molar-refractivity contribution < 1.29 is 14.5 Å². The summed E-state index contributed by atoms with van der Waals surface area (Å²) in [5.41, 5.74) is 2.97. The molecule has 0 aliphatic carbocycles. The van der Waals surface area contributed by atoms with Crippen molar-refractivity contribution in [1.29, 1.82) is 0 Å². The topological polar surface area (TPSA) is 99.3 Å². The van der Waals surface area contributed by atoms with E-state index in [-0.39, 0.29) is 23.2 Å². The second kappa shape index (κ2) is 10.6. The molecule has 0 aliphatic rings. The number of anilines is 1. The van der Waals surface area contributed by atoms with Gasteiger partial charge in [0.1, 0.15) is 12.4 Å². The number of carbonyl (C=O) groups is 1. The molecule has 0 unspecified atom stereocenters. The van der Waals surface area contributed by atoms with Crippen molar-refractivity contribution in [2.24, 2.45) is 0 Å². The third-order valence-corrected chi connectivity index (χ3v) is 5.90. The second-order valence-electron chi connectivity index (χ2n) is 7.73. The maximum Gasteiger partial charge on any atom is 0.271 e. The van der Waals surface area contributed by atoms with Crippen molar-refractivity contribution in [3.63, 3.8) is 0 Å². The Morgan fingerprint density at radius 3 is 2.49 bits per heavy atom. The van der Waals surface area contributed by atoms with Gasteiger partial charge in [-0.2, -0.15) is 5.10 Å². The third-order valence-electron chi connectivity index (χ3n) is 5.24. The third kappa shape index (κ3) is 5.98. The lowest BCUT2D eigenvalue weighted by atomic mass is 10.1. The Kier molecular flexibility index (Phi) is 7.33. The molecule has 8 nitrogen and oxygen atoms in total. The van der Waals surface area contributed by atoms with Crippen molar-refractivity contribution in [2.75, 3.05) is 5.32 Å². The number of nitro groups is 1. The van der Waals surface area contributed by atoms with Crippen LogP contribution in [0.4, 0.5) is 11.5 Å². The van der Waals surface area contributed by atoms with E-state index < -0.39 is 4.92 Å². The number of rotatable bonds is 8. The zero-order valence-electron chi connectivity index (χ0n) is 18.6. The molecular formula is C25H20Cl2N4O4. The fraction of sp³-hybridized carbons (Fsp3) is 0.120. The van der Waals surface area contributed by atoms with Gasteiger partial charge in [-0.05, 0) is 42.3 Å². The molecule has 0 saturated carbocycles.